The van der Waals surface area contributed by atoms with Crippen LogP contribution in [0.15, 0.2) is 59.7 Å². The Kier molecular flexibility index (Phi) is 8.19. The summed E-state index contributed by atoms with van der Waals surface area (Å²) in [5, 5.41) is 9.08. The molecule has 2 aromatic carbocycles. The van der Waals surface area contributed by atoms with Gasteiger partial charge in [0.05, 0.1) is 29.3 Å². The van der Waals surface area contributed by atoms with E-state index in [0.717, 1.165) is 30.7 Å². The first-order valence-electron chi connectivity index (χ1n) is 12.3. The summed E-state index contributed by atoms with van der Waals surface area (Å²) in [5.74, 6) is 0.692. The number of anilines is 1. The molecule has 1 amide bonds. The molecule has 2 aliphatic rings. The van der Waals surface area contributed by atoms with Crippen LogP contribution in [0, 0.1) is 11.3 Å². The van der Waals surface area contributed by atoms with Gasteiger partial charge in [-0.05, 0) is 69.0 Å². The molecule has 2 heterocycles. The zero-order valence-electron chi connectivity index (χ0n) is 21.2. The summed E-state index contributed by atoms with van der Waals surface area (Å²) < 4.78 is 46.3. The van der Waals surface area contributed by atoms with Crippen LogP contribution in [0.3, 0.4) is 0 Å². The number of allylic oxidation sites excluding steroid dienone is 1. The van der Waals surface area contributed by atoms with Gasteiger partial charge in [-0.2, -0.15) is 18.4 Å². The van der Waals surface area contributed by atoms with Crippen molar-refractivity contribution in [1.29, 1.82) is 5.26 Å². The predicted octanol–water partition coefficient (Wildman–Crippen LogP) is 6.15. The third-order valence-corrected chi connectivity index (χ3v) is 7.40. The van der Waals surface area contributed by atoms with Crippen molar-refractivity contribution in [2.24, 2.45) is 4.99 Å². The largest absolute Gasteiger partial charge is 0.494 e. The number of alkyl halides is 3. The van der Waals surface area contributed by atoms with Crippen LogP contribution in [-0.4, -0.2) is 41.2 Å². The average molecular weight is 543 g/mol. The zero-order valence-corrected chi connectivity index (χ0v) is 22.0. The maximum atomic E-state index is 13.5. The molecule has 0 spiro atoms. The van der Waals surface area contributed by atoms with E-state index in [4.69, 9.17) is 10.00 Å². The van der Waals surface area contributed by atoms with Gasteiger partial charge in [-0.1, -0.05) is 18.2 Å². The van der Waals surface area contributed by atoms with Gasteiger partial charge in [0.15, 0.2) is 0 Å². The first kappa shape index (κ1) is 27.7. The molecule has 200 valence electrons. The van der Waals surface area contributed by atoms with Gasteiger partial charge in [-0.25, -0.2) is 0 Å². The van der Waals surface area contributed by atoms with Gasteiger partial charge in [0.25, 0.3) is 0 Å². The highest BCUT2D eigenvalue weighted by Gasteiger charge is 2.51. The topological polar surface area (TPSA) is 68.9 Å². The van der Waals surface area contributed by atoms with Crippen molar-refractivity contribution in [3.63, 3.8) is 0 Å². The number of halogens is 3. The van der Waals surface area contributed by atoms with Gasteiger partial charge in [0.2, 0.25) is 5.91 Å². The van der Waals surface area contributed by atoms with Crippen molar-refractivity contribution in [1.82, 2.24) is 4.90 Å². The SMILES string of the molecule is CC1(C)C(=O)N(c2ccc(C#N)c(C(F)(F)F)c2)C(S)N1CCCCOc1ccc(C2C=NC=CC2)cc1. The summed E-state index contributed by atoms with van der Waals surface area (Å²) in [7, 11) is 0. The van der Waals surface area contributed by atoms with Gasteiger partial charge >= 0.3 is 6.18 Å². The summed E-state index contributed by atoms with van der Waals surface area (Å²) in [5.41, 5.74) is -2.05. The molecule has 2 atom stereocenters. The van der Waals surface area contributed by atoms with Crippen LogP contribution in [0.4, 0.5) is 18.9 Å². The first-order valence-corrected chi connectivity index (χ1v) is 12.9. The second kappa shape index (κ2) is 11.2. The normalized spacial score (nSPS) is 21.1. The molecule has 0 N–H and O–H groups in total. The molecule has 0 bridgehead atoms. The lowest BCUT2D eigenvalue weighted by atomic mass is 9.96. The number of unbranched alkanes of at least 4 members (excludes halogenated alkanes) is 1. The summed E-state index contributed by atoms with van der Waals surface area (Å²) in [6, 6.07) is 12.8. The van der Waals surface area contributed by atoms with Crippen molar-refractivity contribution < 1.29 is 22.7 Å². The second-order valence-corrected chi connectivity index (χ2v) is 10.2. The molecule has 4 rings (SSSR count). The van der Waals surface area contributed by atoms with Crippen molar-refractivity contribution in [2.45, 2.75) is 56.2 Å². The maximum Gasteiger partial charge on any atom is 0.417 e. The van der Waals surface area contributed by atoms with Gasteiger partial charge < -0.3 is 4.74 Å². The predicted molar refractivity (Wildman–Crippen MR) is 143 cm³/mol. The third kappa shape index (κ3) is 5.74. The number of nitrogens with zero attached hydrogens (tertiary/aromatic N) is 4. The highest BCUT2D eigenvalue weighted by atomic mass is 32.1. The number of hydrogen-bond acceptors (Lipinski definition) is 6. The minimum Gasteiger partial charge on any atom is -0.494 e. The molecule has 1 fully saturated rings. The molecule has 2 unspecified atom stereocenters. The van der Waals surface area contributed by atoms with E-state index in [1.807, 2.05) is 41.5 Å². The number of amides is 1. The van der Waals surface area contributed by atoms with Crippen LogP contribution in [0.25, 0.3) is 0 Å². The number of carbonyl (C=O) groups is 1. The van der Waals surface area contributed by atoms with Crippen LogP contribution in [0.2, 0.25) is 0 Å². The highest BCUT2D eigenvalue weighted by molar-refractivity contribution is 7.81. The van der Waals surface area contributed by atoms with E-state index in [1.165, 1.54) is 16.5 Å². The van der Waals surface area contributed by atoms with Crippen LogP contribution >= 0.6 is 12.6 Å². The van der Waals surface area contributed by atoms with Crippen molar-refractivity contribution in [2.75, 3.05) is 18.1 Å². The van der Waals surface area contributed by atoms with E-state index in [2.05, 4.69) is 17.6 Å². The molecule has 1 saturated heterocycles. The van der Waals surface area contributed by atoms with E-state index in [9.17, 15) is 18.0 Å². The standard InChI is InChI=1S/C28H29F3N4O2S/c1-27(2)25(36)35(22-10-7-20(17-32)24(16-22)28(29,30)31)26(38)34(27)14-3-4-15-37-23-11-8-19(9-12-23)21-6-5-13-33-18-21/h5,7-13,16,18,21,26,38H,3-4,6,14-15H2,1-2H3. The molecular formula is C28H29F3N4O2S. The lowest BCUT2D eigenvalue weighted by Crippen LogP contribution is -2.45. The van der Waals surface area contributed by atoms with Crippen molar-refractivity contribution in [3.8, 4) is 11.8 Å². The van der Waals surface area contributed by atoms with E-state index in [0.29, 0.717) is 19.6 Å². The van der Waals surface area contributed by atoms with Gasteiger partial charge in [-0.15, -0.1) is 12.6 Å². The van der Waals surface area contributed by atoms with E-state index < -0.39 is 28.3 Å². The monoisotopic (exact) mass is 542 g/mol. The summed E-state index contributed by atoms with van der Waals surface area (Å²) in [6.45, 7) is 4.46. The van der Waals surface area contributed by atoms with Crippen LogP contribution in [0.1, 0.15) is 55.7 Å². The number of thiol groups is 1. The number of ether oxygens (including phenoxy) is 1. The smallest absolute Gasteiger partial charge is 0.417 e. The summed E-state index contributed by atoms with van der Waals surface area (Å²) in [4.78, 5) is 20.5. The first-order chi connectivity index (χ1) is 18.0. The quantitative estimate of drug-likeness (QED) is 0.321. The molecule has 38 heavy (non-hydrogen) atoms. The number of nitriles is 1. The van der Waals surface area contributed by atoms with E-state index in [1.54, 1.807) is 26.1 Å². The number of rotatable bonds is 8. The third-order valence-electron chi connectivity index (χ3n) is 6.89. The molecule has 0 radical (unpaired) electrons. The Hall–Kier alpha value is -3.29. The second-order valence-electron chi connectivity index (χ2n) is 9.76. The Morgan fingerprint density at radius 2 is 1.92 bits per heavy atom. The minimum atomic E-state index is -4.72. The molecule has 6 nitrogen and oxygen atoms in total. The summed E-state index contributed by atoms with van der Waals surface area (Å²) >= 11 is 4.60. The van der Waals surface area contributed by atoms with E-state index >= 15 is 0 Å². The van der Waals surface area contributed by atoms with Crippen molar-refractivity contribution in [3.05, 3.63) is 71.4 Å². The van der Waals surface area contributed by atoms with Gasteiger partial charge in [-0.3, -0.25) is 19.6 Å². The maximum absolute atomic E-state index is 13.5. The number of benzene rings is 2. The van der Waals surface area contributed by atoms with Crippen LogP contribution in [0.5, 0.6) is 5.75 Å². The van der Waals surface area contributed by atoms with E-state index in [-0.39, 0.29) is 17.5 Å². The molecule has 2 aliphatic heterocycles. The molecule has 0 aromatic heterocycles. The molecule has 10 heteroatoms. The molecule has 0 saturated carbocycles. The minimum absolute atomic E-state index is 0.0548. The fraction of sp³-hybridized carbons (Fsp3) is 0.393. The summed E-state index contributed by atoms with van der Waals surface area (Å²) in [6.07, 6.45) is 3.42. The molecule has 0 aliphatic carbocycles. The zero-order chi connectivity index (χ0) is 27.5. The number of aliphatic imine (C=N–C) groups is 1. The number of hydrogen-bond donors (Lipinski definition) is 1. The fourth-order valence-corrected chi connectivity index (χ4v) is 5.34. The number of carbonyl (C=O) groups excluding carboxylic acids is 1. The van der Waals surface area contributed by atoms with Crippen molar-refractivity contribution >= 4 is 30.4 Å². The Bertz CT molecular complexity index is 1270. The molecular weight excluding hydrogens is 513 g/mol. The Balaban J connectivity index is 1.34. The lowest BCUT2D eigenvalue weighted by molar-refractivity contribution is -0.137. The van der Waals surface area contributed by atoms with Crippen LogP contribution < -0.4 is 9.64 Å². The average Bonchev–Trinajstić information content (AvgIpc) is 3.07. The lowest BCUT2D eigenvalue weighted by Gasteiger charge is -2.31. The van der Waals surface area contributed by atoms with Crippen LogP contribution in [-0.2, 0) is 11.0 Å². The Morgan fingerprint density at radius 3 is 2.55 bits per heavy atom. The Labute approximate surface area is 225 Å². The van der Waals surface area contributed by atoms with Gasteiger partial charge in [0, 0.05) is 30.6 Å². The van der Waals surface area contributed by atoms with Gasteiger partial charge in [0.1, 0.15) is 11.2 Å². The fourth-order valence-electron chi connectivity index (χ4n) is 4.70. The Morgan fingerprint density at radius 1 is 1.18 bits per heavy atom. The highest BCUT2D eigenvalue weighted by Crippen LogP contribution is 2.40. The molecule has 2 aromatic rings.